The minimum Gasteiger partial charge on any atom is -0.384 e. The Labute approximate surface area is 83.4 Å². The molecule has 0 spiro atoms. The van der Waals surface area contributed by atoms with E-state index in [2.05, 4.69) is 11.4 Å². The van der Waals surface area contributed by atoms with Gasteiger partial charge in [-0.3, -0.25) is 4.39 Å². The molecular formula is C11H13FN2. The maximum atomic E-state index is 11.9. The van der Waals surface area contributed by atoms with Crippen molar-refractivity contribution in [2.24, 2.45) is 0 Å². The van der Waals surface area contributed by atoms with Gasteiger partial charge in [0.2, 0.25) is 0 Å². The number of benzene rings is 1. The van der Waals surface area contributed by atoms with Gasteiger partial charge < -0.3 is 5.32 Å². The molecule has 0 unspecified atom stereocenters. The molecule has 0 fully saturated rings. The Hall–Kier alpha value is -1.56. The number of hydrogen-bond acceptors (Lipinski definition) is 2. The van der Waals surface area contributed by atoms with Gasteiger partial charge in [-0.15, -0.1) is 0 Å². The Kier molecular flexibility index (Phi) is 3.93. The van der Waals surface area contributed by atoms with Gasteiger partial charge in [0.15, 0.2) is 0 Å². The normalized spacial score (nSPS) is 9.50. The number of aryl methyl sites for hydroxylation is 1. The van der Waals surface area contributed by atoms with Crippen molar-refractivity contribution in [3.8, 4) is 6.07 Å². The lowest BCUT2D eigenvalue weighted by Gasteiger charge is -2.07. The molecule has 0 heterocycles. The second-order valence-corrected chi connectivity index (χ2v) is 3.13. The zero-order valence-corrected chi connectivity index (χ0v) is 8.18. The summed E-state index contributed by atoms with van der Waals surface area (Å²) in [5.41, 5.74) is 2.49. The minimum atomic E-state index is -0.333. The van der Waals surface area contributed by atoms with E-state index in [9.17, 15) is 4.39 Å². The van der Waals surface area contributed by atoms with E-state index in [1.54, 1.807) is 6.07 Å². The van der Waals surface area contributed by atoms with Crippen molar-refractivity contribution < 1.29 is 4.39 Å². The monoisotopic (exact) mass is 192 g/mol. The van der Waals surface area contributed by atoms with Gasteiger partial charge in [-0.05, 0) is 31.0 Å². The number of hydrogen-bond donors (Lipinski definition) is 1. The van der Waals surface area contributed by atoms with E-state index < -0.39 is 0 Å². The van der Waals surface area contributed by atoms with Crippen LogP contribution in [-0.4, -0.2) is 13.2 Å². The Morgan fingerprint density at radius 3 is 2.93 bits per heavy atom. The number of halogens is 1. The number of alkyl halides is 1. The average molecular weight is 192 g/mol. The predicted molar refractivity (Wildman–Crippen MR) is 55.0 cm³/mol. The Morgan fingerprint density at radius 1 is 1.50 bits per heavy atom. The topological polar surface area (TPSA) is 35.8 Å². The molecule has 1 aromatic carbocycles. The summed E-state index contributed by atoms with van der Waals surface area (Å²) in [6, 6.07) is 7.65. The van der Waals surface area contributed by atoms with E-state index in [4.69, 9.17) is 5.26 Å². The Balaban J connectivity index is 2.73. The lowest BCUT2D eigenvalue weighted by molar-refractivity contribution is 0.481. The molecule has 0 aliphatic rings. The lowest BCUT2D eigenvalue weighted by Crippen LogP contribution is -2.04. The van der Waals surface area contributed by atoms with Crippen LogP contribution >= 0.6 is 0 Å². The van der Waals surface area contributed by atoms with E-state index in [1.807, 2.05) is 19.1 Å². The van der Waals surface area contributed by atoms with Crippen LogP contribution in [0.3, 0.4) is 0 Å². The van der Waals surface area contributed by atoms with Gasteiger partial charge in [-0.25, -0.2) is 0 Å². The van der Waals surface area contributed by atoms with Gasteiger partial charge in [-0.2, -0.15) is 5.26 Å². The van der Waals surface area contributed by atoms with Gasteiger partial charge in [0.1, 0.15) is 6.07 Å². The fraction of sp³-hybridized carbons (Fsp3) is 0.364. The summed E-state index contributed by atoms with van der Waals surface area (Å²) in [7, 11) is 0. The van der Waals surface area contributed by atoms with E-state index in [1.165, 1.54) is 0 Å². The molecule has 0 amide bonds. The van der Waals surface area contributed by atoms with Crippen molar-refractivity contribution in [1.29, 1.82) is 5.26 Å². The maximum absolute atomic E-state index is 11.9. The number of anilines is 1. The Bertz CT molecular complexity index is 342. The molecule has 74 valence electrons. The van der Waals surface area contributed by atoms with Crippen molar-refractivity contribution in [3.05, 3.63) is 29.3 Å². The summed E-state index contributed by atoms with van der Waals surface area (Å²) in [5.74, 6) is 0. The molecule has 1 N–H and O–H groups in total. The highest BCUT2D eigenvalue weighted by molar-refractivity contribution is 5.58. The maximum Gasteiger partial charge on any atom is 0.101 e. The Morgan fingerprint density at radius 2 is 2.29 bits per heavy atom. The molecule has 0 aliphatic heterocycles. The molecule has 0 radical (unpaired) electrons. The van der Waals surface area contributed by atoms with Crippen LogP contribution in [0.5, 0.6) is 0 Å². The first kappa shape index (κ1) is 10.5. The molecular weight excluding hydrogens is 179 g/mol. The first-order valence-corrected chi connectivity index (χ1v) is 4.58. The van der Waals surface area contributed by atoms with Crippen LogP contribution in [0.1, 0.15) is 17.5 Å². The van der Waals surface area contributed by atoms with Crippen molar-refractivity contribution in [2.45, 2.75) is 13.3 Å². The van der Waals surface area contributed by atoms with E-state index in [0.717, 1.165) is 11.3 Å². The third-order valence-electron chi connectivity index (χ3n) is 1.92. The molecule has 0 aliphatic carbocycles. The van der Waals surface area contributed by atoms with Crippen LogP contribution in [0.15, 0.2) is 18.2 Å². The van der Waals surface area contributed by atoms with Crippen LogP contribution in [0.4, 0.5) is 10.1 Å². The van der Waals surface area contributed by atoms with Gasteiger partial charge in [0, 0.05) is 6.54 Å². The van der Waals surface area contributed by atoms with Crippen LogP contribution in [0, 0.1) is 18.3 Å². The second kappa shape index (κ2) is 5.23. The van der Waals surface area contributed by atoms with E-state index >= 15 is 0 Å². The van der Waals surface area contributed by atoms with Gasteiger partial charge in [-0.1, -0.05) is 6.07 Å². The largest absolute Gasteiger partial charge is 0.384 e. The zero-order chi connectivity index (χ0) is 10.4. The number of nitrogens with zero attached hydrogens (tertiary/aromatic N) is 1. The third-order valence-corrected chi connectivity index (χ3v) is 1.92. The highest BCUT2D eigenvalue weighted by Gasteiger charge is 2.00. The highest BCUT2D eigenvalue weighted by atomic mass is 19.1. The molecule has 0 atom stereocenters. The molecule has 0 saturated heterocycles. The first-order valence-electron chi connectivity index (χ1n) is 4.58. The van der Waals surface area contributed by atoms with Gasteiger partial charge in [0.25, 0.3) is 0 Å². The van der Waals surface area contributed by atoms with Crippen molar-refractivity contribution >= 4 is 5.69 Å². The first-order chi connectivity index (χ1) is 6.77. The van der Waals surface area contributed by atoms with Crippen molar-refractivity contribution in [2.75, 3.05) is 18.5 Å². The molecule has 1 rings (SSSR count). The molecule has 0 aromatic heterocycles. The van der Waals surface area contributed by atoms with Crippen LogP contribution < -0.4 is 5.32 Å². The summed E-state index contributed by atoms with van der Waals surface area (Å²) in [5, 5.41) is 11.8. The summed E-state index contributed by atoms with van der Waals surface area (Å²) in [4.78, 5) is 0. The highest BCUT2D eigenvalue weighted by Crippen LogP contribution is 2.16. The zero-order valence-electron chi connectivity index (χ0n) is 8.18. The second-order valence-electron chi connectivity index (χ2n) is 3.13. The summed E-state index contributed by atoms with van der Waals surface area (Å²) in [6.45, 7) is 2.19. The quantitative estimate of drug-likeness (QED) is 0.744. The van der Waals surface area contributed by atoms with E-state index in [0.29, 0.717) is 18.5 Å². The molecule has 2 nitrogen and oxygen atoms in total. The standard InChI is InChI=1S/C11H13FN2/c1-9-3-4-10(8-13)11(7-9)14-6-2-5-12/h3-4,7,14H,2,5-6H2,1H3. The predicted octanol–water partition coefficient (Wildman–Crippen LogP) is 2.64. The fourth-order valence-corrected chi connectivity index (χ4v) is 1.19. The van der Waals surface area contributed by atoms with E-state index in [-0.39, 0.29) is 6.67 Å². The van der Waals surface area contributed by atoms with Gasteiger partial charge in [0.05, 0.1) is 17.9 Å². The smallest absolute Gasteiger partial charge is 0.101 e. The third kappa shape index (κ3) is 2.74. The van der Waals surface area contributed by atoms with Crippen LogP contribution in [0.2, 0.25) is 0 Å². The lowest BCUT2D eigenvalue weighted by atomic mass is 10.1. The van der Waals surface area contributed by atoms with Crippen LogP contribution in [-0.2, 0) is 0 Å². The van der Waals surface area contributed by atoms with Crippen LogP contribution in [0.25, 0.3) is 0 Å². The number of nitrogens with one attached hydrogen (secondary N) is 1. The fourth-order valence-electron chi connectivity index (χ4n) is 1.19. The molecule has 0 bridgehead atoms. The minimum absolute atomic E-state index is 0.333. The summed E-state index contributed by atoms with van der Waals surface area (Å²) >= 11 is 0. The molecule has 14 heavy (non-hydrogen) atoms. The van der Waals surface area contributed by atoms with Crippen molar-refractivity contribution in [1.82, 2.24) is 0 Å². The molecule has 1 aromatic rings. The molecule has 3 heteroatoms. The van der Waals surface area contributed by atoms with Crippen molar-refractivity contribution in [3.63, 3.8) is 0 Å². The summed E-state index contributed by atoms with van der Waals surface area (Å²) in [6.07, 6.45) is 0.471. The number of rotatable bonds is 4. The summed E-state index contributed by atoms with van der Waals surface area (Å²) < 4.78 is 11.9. The molecule has 0 saturated carbocycles. The van der Waals surface area contributed by atoms with Gasteiger partial charge >= 0.3 is 0 Å². The average Bonchev–Trinajstić information content (AvgIpc) is 2.19. The SMILES string of the molecule is Cc1ccc(C#N)c(NCCCF)c1. The number of nitriles is 1.